The van der Waals surface area contributed by atoms with Crippen molar-refractivity contribution in [1.29, 1.82) is 0 Å². The Morgan fingerprint density at radius 1 is 1.50 bits per heavy atom. The number of amidine groups is 1. The van der Waals surface area contributed by atoms with Gasteiger partial charge in [-0.05, 0) is 30.4 Å². The van der Waals surface area contributed by atoms with E-state index >= 15 is 0 Å². The number of nitrogens with zero attached hydrogens (tertiary/aromatic N) is 2. The maximum Gasteiger partial charge on any atom is 0.103 e. The smallest absolute Gasteiger partial charge is 0.103 e. The van der Waals surface area contributed by atoms with Gasteiger partial charge in [-0.3, -0.25) is 9.98 Å². The van der Waals surface area contributed by atoms with Crippen LogP contribution >= 0.6 is 11.8 Å². The second-order valence-corrected chi connectivity index (χ2v) is 5.74. The van der Waals surface area contributed by atoms with Crippen molar-refractivity contribution in [1.82, 2.24) is 0 Å². The molecule has 20 heavy (non-hydrogen) atoms. The van der Waals surface area contributed by atoms with Gasteiger partial charge < -0.3 is 5.32 Å². The number of hydrogen-bond acceptors (Lipinski definition) is 3. The molecule has 1 heterocycles. The average molecular weight is 285 g/mol. The summed E-state index contributed by atoms with van der Waals surface area (Å²) in [6, 6.07) is 6.26. The number of thioether (sulfide) groups is 1. The number of rotatable bonds is 3. The largest absolute Gasteiger partial charge is 0.344 e. The van der Waals surface area contributed by atoms with Crippen molar-refractivity contribution >= 4 is 34.4 Å². The van der Waals surface area contributed by atoms with Crippen LogP contribution in [0, 0.1) is 0 Å². The van der Waals surface area contributed by atoms with Gasteiger partial charge in [0.05, 0.1) is 12.4 Å². The van der Waals surface area contributed by atoms with Gasteiger partial charge in [-0.2, -0.15) is 0 Å². The fourth-order valence-corrected chi connectivity index (χ4v) is 2.71. The highest BCUT2D eigenvalue weighted by Gasteiger charge is 2.11. The van der Waals surface area contributed by atoms with Crippen molar-refractivity contribution in [3.63, 3.8) is 0 Å². The molecule has 0 fully saturated rings. The summed E-state index contributed by atoms with van der Waals surface area (Å²) in [4.78, 5) is 10.0. The topological polar surface area (TPSA) is 36.8 Å². The molecule has 0 unspecified atom stereocenters. The summed E-state index contributed by atoms with van der Waals surface area (Å²) in [5.41, 5.74) is 3.20. The molecule has 0 amide bonds. The molecule has 1 aliphatic heterocycles. The summed E-state index contributed by atoms with van der Waals surface area (Å²) >= 11 is 1.71. The Bertz CT molecular complexity index is 612. The molecule has 1 N–H and O–H groups in total. The van der Waals surface area contributed by atoms with Crippen LogP contribution in [-0.4, -0.2) is 24.5 Å². The molecule has 4 heteroatoms. The molecule has 1 aliphatic rings. The molecule has 1 aromatic carbocycles. The molecule has 0 spiro atoms. The van der Waals surface area contributed by atoms with Crippen molar-refractivity contribution in [3.8, 4) is 0 Å². The van der Waals surface area contributed by atoms with Gasteiger partial charge in [0.15, 0.2) is 0 Å². The third-order valence-electron chi connectivity index (χ3n) is 3.04. The van der Waals surface area contributed by atoms with E-state index in [1.165, 1.54) is 4.91 Å². The lowest BCUT2D eigenvalue weighted by Gasteiger charge is -2.14. The summed E-state index contributed by atoms with van der Waals surface area (Å²) in [6.45, 7) is 8.67. The Hall–Kier alpha value is -1.81. The van der Waals surface area contributed by atoms with Gasteiger partial charge in [0.1, 0.15) is 5.04 Å². The van der Waals surface area contributed by atoms with E-state index in [-0.39, 0.29) is 0 Å². The standard InChI is InChI=1S/C16H19N3S/c1-5-13-6-7-14(10-15(13)19-12(3)17-4)16-18-9-8-11(2)20-16/h5-8,10H,1,9H2,2-4H3,(H,17,19). The Balaban J connectivity index is 2.34. The quantitative estimate of drug-likeness (QED) is 0.668. The average Bonchev–Trinajstić information content (AvgIpc) is 2.47. The fourth-order valence-electron chi connectivity index (χ4n) is 1.86. The van der Waals surface area contributed by atoms with Crippen LogP contribution < -0.4 is 5.32 Å². The molecule has 1 aromatic rings. The number of anilines is 1. The van der Waals surface area contributed by atoms with E-state index < -0.39 is 0 Å². The first-order valence-corrected chi connectivity index (χ1v) is 7.32. The second-order valence-electron chi connectivity index (χ2n) is 4.50. The summed E-state index contributed by atoms with van der Waals surface area (Å²) in [6.07, 6.45) is 3.98. The maximum absolute atomic E-state index is 4.57. The van der Waals surface area contributed by atoms with E-state index in [1.54, 1.807) is 18.8 Å². The highest BCUT2D eigenvalue weighted by Crippen LogP contribution is 2.28. The summed E-state index contributed by atoms with van der Waals surface area (Å²) < 4.78 is 0. The molecule has 0 atom stereocenters. The van der Waals surface area contributed by atoms with Gasteiger partial charge in [0.2, 0.25) is 0 Å². The van der Waals surface area contributed by atoms with Gasteiger partial charge >= 0.3 is 0 Å². The maximum atomic E-state index is 4.57. The van der Waals surface area contributed by atoms with Crippen molar-refractivity contribution in [2.24, 2.45) is 9.98 Å². The number of nitrogens with one attached hydrogen (secondary N) is 1. The fraction of sp³-hybridized carbons (Fsp3) is 0.250. The molecule has 0 saturated carbocycles. The number of hydrogen-bond donors (Lipinski definition) is 1. The van der Waals surface area contributed by atoms with Crippen LogP contribution in [0.3, 0.4) is 0 Å². The van der Waals surface area contributed by atoms with E-state index in [9.17, 15) is 0 Å². The Labute approximate surface area is 124 Å². The van der Waals surface area contributed by atoms with Crippen molar-refractivity contribution in [2.75, 3.05) is 18.9 Å². The lowest BCUT2D eigenvalue weighted by atomic mass is 10.1. The SMILES string of the molecule is C=Cc1ccc(C2=NCC=C(C)S2)cc1NC(C)=NC. The molecule has 0 aromatic heterocycles. The molecule has 3 nitrogen and oxygen atoms in total. The van der Waals surface area contributed by atoms with Gasteiger partial charge in [-0.1, -0.05) is 42.6 Å². The minimum Gasteiger partial charge on any atom is -0.344 e. The highest BCUT2D eigenvalue weighted by molar-refractivity contribution is 8.17. The van der Waals surface area contributed by atoms with Crippen LogP contribution in [0.5, 0.6) is 0 Å². The first-order chi connectivity index (χ1) is 9.63. The molecule has 0 bridgehead atoms. The molecule has 0 aliphatic carbocycles. The predicted molar refractivity (Wildman–Crippen MR) is 91.9 cm³/mol. The molecule has 0 saturated heterocycles. The Morgan fingerprint density at radius 2 is 2.30 bits per heavy atom. The number of benzene rings is 1. The monoisotopic (exact) mass is 285 g/mol. The van der Waals surface area contributed by atoms with Crippen LogP contribution in [0.1, 0.15) is 25.0 Å². The van der Waals surface area contributed by atoms with E-state index in [0.717, 1.165) is 34.2 Å². The minimum atomic E-state index is 0.760. The van der Waals surface area contributed by atoms with E-state index in [4.69, 9.17) is 0 Å². The van der Waals surface area contributed by atoms with Crippen molar-refractivity contribution in [2.45, 2.75) is 13.8 Å². The zero-order valence-electron chi connectivity index (χ0n) is 12.1. The van der Waals surface area contributed by atoms with Gasteiger partial charge in [-0.15, -0.1) is 0 Å². The normalized spacial score (nSPS) is 15.4. The van der Waals surface area contributed by atoms with Crippen LogP contribution in [-0.2, 0) is 0 Å². The molecule has 2 rings (SSSR count). The molecular weight excluding hydrogens is 266 g/mol. The van der Waals surface area contributed by atoms with E-state index in [2.05, 4.69) is 53.1 Å². The summed E-state index contributed by atoms with van der Waals surface area (Å²) in [5.74, 6) is 0.875. The summed E-state index contributed by atoms with van der Waals surface area (Å²) in [5, 5.41) is 4.37. The number of allylic oxidation sites excluding steroid dienone is 1. The third-order valence-corrected chi connectivity index (χ3v) is 4.09. The second kappa shape index (κ2) is 6.57. The van der Waals surface area contributed by atoms with Gasteiger partial charge in [0.25, 0.3) is 0 Å². The first-order valence-electron chi connectivity index (χ1n) is 6.50. The summed E-state index contributed by atoms with van der Waals surface area (Å²) in [7, 11) is 1.77. The predicted octanol–water partition coefficient (Wildman–Crippen LogP) is 4.19. The zero-order valence-corrected chi connectivity index (χ0v) is 12.9. The van der Waals surface area contributed by atoms with Crippen LogP contribution in [0.25, 0.3) is 6.08 Å². The van der Waals surface area contributed by atoms with Gasteiger partial charge in [-0.25, -0.2) is 0 Å². The van der Waals surface area contributed by atoms with Crippen molar-refractivity contribution in [3.05, 3.63) is 46.9 Å². The first kappa shape index (κ1) is 14.6. The van der Waals surface area contributed by atoms with Crippen LogP contribution in [0.15, 0.2) is 45.7 Å². The van der Waals surface area contributed by atoms with Crippen LogP contribution in [0.4, 0.5) is 5.69 Å². The van der Waals surface area contributed by atoms with Crippen LogP contribution in [0.2, 0.25) is 0 Å². The van der Waals surface area contributed by atoms with E-state index in [1.807, 2.05) is 13.0 Å². The lowest BCUT2D eigenvalue weighted by molar-refractivity contribution is 1.23. The lowest BCUT2D eigenvalue weighted by Crippen LogP contribution is -2.09. The number of aliphatic imine (C=N–C) groups is 2. The van der Waals surface area contributed by atoms with E-state index in [0.29, 0.717) is 0 Å². The van der Waals surface area contributed by atoms with Crippen molar-refractivity contribution < 1.29 is 0 Å². The zero-order chi connectivity index (χ0) is 14.5. The Morgan fingerprint density at radius 3 is 2.95 bits per heavy atom. The third kappa shape index (κ3) is 3.39. The van der Waals surface area contributed by atoms with Gasteiger partial charge in [0, 0.05) is 18.3 Å². The highest BCUT2D eigenvalue weighted by atomic mass is 32.2. The minimum absolute atomic E-state index is 0.760. The molecule has 104 valence electrons. The molecular formula is C16H19N3S. The molecule has 0 radical (unpaired) electrons. The Kier molecular flexibility index (Phi) is 4.79.